The Kier molecular flexibility index (Phi) is 40.3. The summed E-state index contributed by atoms with van der Waals surface area (Å²) >= 11 is 0. The second-order valence-corrected chi connectivity index (χ2v) is 21.3. The lowest BCUT2D eigenvalue weighted by molar-refractivity contribution is -0.220. The van der Waals surface area contributed by atoms with Gasteiger partial charge < -0.3 is 46.0 Å². The van der Waals surface area contributed by atoms with E-state index in [0.29, 0.717) is 12.8 Å². The molecule has 1 aliphatic carbocycles. The summed E-state index contributed by atoms with van der Waals surface area (Å²) in [5.74, 6) is -0.741. The highest BCUT2D eigenvalue weighted by atomic mass is 31.2. The Hall–Kier alpha value is -0.700. The zero-order valence-electron chi connectivity index (χ0n) is 42.1. The number of unbranched alkanes of at least 4 members (excludes halogenated alkanes) is 35. The van der Waals surface area contributed by atoms with E-state index in [2.05, 4.69) is 19.2 Å². The zero-order chi connectivity index (χ0) is 48.7. The molecule has 0 bridgehead atoms. The molecule has 1 saturated carbocycles. The third-order valence-corrected chi connectivity index (χ3v) is 14.8. The number of nitrogens with one attached hydrogen (secondary N) is 1. The van der Waals surface area contributed by atoms with Gasteiger partial charge in [-0.3, -0.25) is 13.8 Å². The van der Waals surface area contributed by atoms with Crippen molar-refractivity contribution in [3.05, 3.63) is 0 Å². The lowest BCUT2D eigenvalue weighted by atomic mass is 9.85. The van der Waals surface area contributed by atoms with Crippen molar-refractivity contribution in [3.63, 3.8) is 0 Å². The maximum atomic E-state index is 13.1. The fourth-order valence-corrected chi connectivity index (χ4v) is 10.2. The predicted molar refractivity (Wildman–Crippen MR) is 266 cm³/mol. The van der Waals surface area contributed by atoms with Crippen LogP contribution in [0.25, 0.3) is 0 Å². The molecule has 0 radical (unpaired) electrons. The third kappa shape index (κ3) is 32.2. The Balaban J connectivity index is 2.39. The average Bonchev–Trinajstić information content (AvgIpc) is 3.30. The normalized spacial score (nSPS) is 22.3. The molecule has 9 N–H and O–H groups in total. The minimum absolute atomic E-state index is 0.225. The fourth-order valence-electron chi connectivity index (χ4n) is 9.21. The molecule has 13 nitrogen and oxygen atoms in total. The Morgan fingerprint density at radius 2 is 0.727 bits per heavy atom. The van der Waals surface area contributed by atoms with Crippen LogP contribution in [0.2, 0.25) is 0 Å². The summed E-state index contributed by atoms with van der Waals surface area (Å²) in [7, 11) is -5.13. The smallest absolute Gasteiger partial charge is 0.391 e. The van der Waals surface area contributed by atoms with Crippen molar-refractivity contribution >= 4 is 13.7 Å². The number of phosphoric ester groups is 1. The van der Waals surface area contributed by atoms with Gasteiger partial charge in [0, 0.05) is 0 Å². The van der Waals surface area contributed by atoms with Crippen molar-refractivity contribution < 1.29 is 59.0 Å². The van der Waals surface area contributed by atoms with Crippen molar-refractivity contribution in [1.82, 2.24) is 5.32 Å². The van der Waals surface area contributed by atoms with Gasteiger partial charge in [-0.2, -0.15) is 0 Å². The summed E-state index contributed by atoms with van der Waals surface area (Å²) in [6, 6.07) is -1.20. The lowest BCUT2D eigenvalue weighted by Crippen LogP contribution is -2.64. The van der Waals surface area contributed by atoms with Gasteiger partial charge in [0.1, 0.15) is 42.7 Å². The molecule has 10 atom stereocenters. The molecule has 66 heavy (non-hydrogen) atoms. The SMILES string of the molecule is CCCCCCCCCCCCCCCCCCCCCCCCC(O)C(=O)N[C@@H](COP(=O)(O)OC1[C@H](O)[C@H](O)C(O)[C@H](O)[C@H]1O)[C@H](O)CCCCCCCCCCCCCCCCC. The number of phosphoric acid groups is 1. The van der Waals surface area contributed by atoms with Gasteiger partial charge in [-0.15, -0.1) is 0 Å². The topological polar surface area (TPSA) is 226 Å². The van der Waals surface area contributed by atoms with Gasteiger partial charge in [0.15, 0.2) is 0 Å². The molecule has 0 aliphatic heterocycles. The van der Waals surface area contributed by atoms with E-state index in [1.165, 1.54) is 180 Å². The highest BCUT2D eigenvalue weighted by Crippen LogP contribution is 2.47. The number of aliphatic hydroxyl groups is 7. The summed E-state index contributed by atoms with van der Waals surface area (Å²) in [6.07, 6.45) is 31.7. The second-order valence-electron chi connectivity index (χ2n) is 19.9. The van der Waals surface area contributed by atoms with Gasteiger partial charge in [-0.1, -0.05) is 251 Å². The largest absolute Gasteiger partial charge is 0.472 e. The Morgan fingerprint density at radius 1 is 0.455 bits per heavy atom. The number of carbonyl (C=O) groups is 1. The van der Waals surface area contributed by atoms with Crippen LogP contribution in [-0.2, 0) is 18.4 Å². The number of amides is 1. The molecule has 394 valence electrons. The first kappa shape index (κ1) is 63.3. The van der Waals surface area contributed by atoms with Crippen LogP contribution < -0.4 is 5.32 Å². The molecular formula is C52H104NO12P. The van der Waals surface area contributed by atoms with E-state index in [9.17, 15) is 50.0 Å². The summed E-state index contributed by atoms with van der Waals surface area (Å²) in [6.45, 7) is 3.80. The quantitative estimate of drug-likeness (QED) is 0.0205. The number of hydrogen-bond acceptors (Lipinski definition) is 11. The van der Waals surface area contributed by atoms with Crippen LogP contribution in [0.1, 0.15) is 264 Å². The molecule has 1 fully saturated rings. The molecule has 0 aromatic rings. The number of rotatable bonds is 47. The molecule has 1 amide bonds. The highest BCUT2D eigenvalue weighted by molar-refractivity contribution is 7.47. The van der Waals surface area contributed by atoms with E-state index in [4.69, 9.17) is 9.05 Å². The van der Waals surface area contributed by atoms with Gasteiger partial charge in [0.05, 0.1) is 18.8 Å². The van der Waals surface area contributed by atoms with Crippen molar-refractivity contribution in [1.29, 1.82) is 0 Å². The monoisotopic (exact) mass is 966 g/mol. The molecule has 0 saturated heterocycles. The molecule has 0 heterocycles. The van der Waals surface area contributed by atoms with Crippen LogP contribution >= 0.6 is 7.82 Å². The first-order chi connectivity index (χ1) is 31.9. The molecule has 1 aliphatic rings. The first-order valence-corrected chi connectivity index (χ1v) is 29.1. The lowest BCUT2D eigenvalue weighted by Gasteiger charge is -2.41. The van der Waals surface area contributed by atoms with Crippen molar-refractivity contribution in [2.75, 3.05) is 6.61 Å². The maximum Gasteiger partial charge on any atom is 0.472 e. The molecular weight excluding hydrogens is 862 g/mol. The van der Waals surface area contributed by atoms with E-state index in [0.717, 1.165) is 44.9 Å². The summed E-state index contributed by atoms with van der Waals surface area (Å²) in [5.41, 5.74) is 0. The predicted octanol–water partition coefficient (Wildman–Crippen LogP) is 10.8. The van der Waals surface area contributed by atoms with E-state index >= 15 is 0 Å². The van der Waals surface area contributed by atoms with Crippen molar-refractivity contribution in [2.45, 2.75) is 319 Å². The van der Waals surface area contributed by atoms with Crippen LogP contribution in [0.3, 0.4) is 0 Å². The fraction of sp³-hybridized carbons (Fsp3) is 0.981. The van der Waals surface area contributed by atoms with Crippen LogP contribution in [0.15, 0.2) is 0 Å². The molecule has 1 rings (SSSR count). The number of hydrogen-bond donors (Lipinski definition) is 9. The van der Waals surface area contributed by atoms with E-state index < -0.39 is 75.2 Å². The van der Waals surface area contributed by atoms with E-state index in [1.807, 2.05) is 0 Å². The van der Waals surface area contributed by atoms with Gasteiger partial charge in [-0.05, 0) is 12.8 Å². The Labute approximate surface area is 402 Å². The van der Waals surface area contributed by atoms with Crippen LogP contribution in [0, 0.1) is 0 Å². The van der Waals surface area contributed by atoms with Gasteiger partial charge in [-0.25, -0.2) is 4.57 Å². The van der Waals surface area contributed by atoms with Gasteiger partial charge in [0.2, 0.25) is 5.91 Å². The summed E-state index contributed by atoms with van der Waals surface area (Å²) in [4.78, 5) is 23.6. The second kappa shape index (κ2) is 42.0. The third-order valence-electron chi connectivity index (χ3n) is 13.8. The van der Waals surface area contributed by atoms with Crippen molar-refractivity contribution in [2.24, 2.45) is 0 Å². The van der Waals surface area contributed by atoms with Crippen LogP contribution in [-0.4, -0.2) is 108 Å². The van der Waals surface area contributed by atoms with E-state index in [-0.39, 0.29) is 12.8 Å². The number of aliphatic hydroxyl groups excluding tert-OH is 7. The first-order valence-electron chi connectivity index (χ1n) is 27.6. The minimum Gasteiger partial charge on any atom is -0.391 e. The molecule has 0 aromatic heterocycles. The van der Waals surface area contributed by atoms with Crippen molar-refractivity contribution in [3.8, 4) is 0 Å². The van der Waals surface area contributed by atoms with E-state index in [1.54, 1.807) is 0 Å². The zero-order valence-corrected chi connectivity index (χ0v) is 43.0. The maximum absolute atomic E-state index is 13.1. The average molecular weight is 966 g/mol. The van der Waals surface area contributed by atoms with Crippen LogP contribution in [0.4, 0.5) is 0 Å². The minimum atomic E-state index is -5.13. The van der Waals surface area contributed by atoms with Gasteiger partial charge in [0.25, 0.3) is 0 Å². The van der Waals surface area contributed by atoms with Crippen LogP contribution in [0.5, 0.6) is 0 Å². The molecule has 14 heteroatoms. The Bertz CT molecular complexity index is 1140. The number of carbonyl (C=O) groups excluding carboxylic acids is 1. The summed E-state index contributed by atoms with van der Waals surface area (Å²) < 4.78 is 23.0. The van der Waals surface area contributed by atoms with Gasteiger partial charge >= 0.3 is 7.82 Å². The highest BCUT2D eigenvalue weighted by Gasteiger charge is 2.51. The standard InChI is InChI=1S/C52H104NO12P/c1-3-5-7-9-11-13-15-17-19-20-21-22-23-24-25-27-29-31-33-35-37-39-41-45(55)52(61)53-43(42-64-66(62,63)65-51-49(59)47(57)46(56)48(58)50(51)60)44(54)40-38-36-34-32-30-28-26-18-16-14-12-10-8-6-4-2/h43-51,54-60H,3-42H2,1-2H3,(H,53,61)(H,62,63)/t43-,44+,45?,46?,47-,48+,49+,50+,51?/m0/s1. The summed E-state index contributed by atoms with van der Waals surface area (Å²) in [5, 5.41) is 74.9. The molecule has 4 unspecified atom stereocenters. The molecule has 0 aromatic carbocycles. The Morgan fingerprint density at radius 3 is 1.05 bits per heavy atom. The molecule has 0 spiro atoms.